The monoisotopic (exact) mass is 219 g/mol. The second-order valence-corrected chi connectivity index (χ2v) is 4.44. The topological polar surface area (TPSA) is 40.5 Å². The molecule has 3 heteroatoms. The van der Waals surface area contributed by atoms with Gasteiger partial charge in [-0.2, -0.15) is 0 Å². The van der Waals surface area contributed by atoms with E-state index in [4.69, 9.17) is 5.11 Å². The van der Waals surface area contributed by atoms with Gasteiger partial charge in [0.05, 0.1) is 5.54 Å². The van der Waals surface area contributed by atoms with Crippen LogP contribution in [0.5, 0.6) is 0 Å². The van der Waals surface area contributed by atoms with E-state index in [1.807, 2.05) is 35.3 Å². The van der Waals surface area contributed by atoms with Gasteiger partial charge >= 0.3 is 0 Å². The number of rotatable bonds is 3. The van der Waals surface area contributed by atoms with E-state index in [-0.39, 0.29) is 24.0 Å². The quantitative estimate of drug-likeness (QED) is 0.726. The van der Waals surface area contributed by atoms with E-state index in [9.17, 15) is 4.79 Å². The minimum absolute atomic E-state index is 0.0728. The van der Waals surface area contributed by atoms with Crippen molar-refractivity contribution in [2.45, 2.75) is 18.4 Å². The molecule has 0 aromatic rings. The fourth-order valence-electron chi connectivity index (χ4n) is 2.39. The third-order valence-corrected chi connectivity index (χ3v) is 3.40. The highest BCUT2D eigenvalue weighted by Crippen LogP contribution is 2.32. The van der Waals surface area contributed by atoms with E-state index < -0.39 is 0 Å². The Kier molecular flexibility index (Phi) is 2.97. The van der Waals surface area contributed by atoms with E-state index in [0.29, 0.717) is 13.0 Å². The Hall–Kier alpha value is -1.35. The Morgan fingerprint density at radius 2 is 2.44 bits per heavy atom. The molecule has 0 aromatic carbocycles. The van der Waals surface area contributed by atoms with Gasteiger partial charge in [0, 0.05) is 25.5 Å². The third-order valence-electron chi connectivity index (χ3n) is 3.40. The highest BCUT2D eigenvalue weighted by Gasteiger charge is 2.40. The molecule has 0 spiro atoms. The Labute approximate surface area is 95.8 Å². The maximum Gasteiger partial charge on any atom is 0.223 e. The summed E-state index contributed by atoms with van der Waals surface area (Å²) in [6, 6.07) is 0. The summed E-state index contributed by atoms with van der Waals surface area (Å²) in [5.74, 6) is 0.183. The summed E-state index contributed by atoms with van der Waals surface area (Å²) in [7, 11) is 0. The second kappa shape index (κ2) is 4.26. The minimum Gasteiger partial charge on any atom is -0.396 e. The molecule has 1 amide bonds. The van der Waals surface area contributed by atoms with Gasteiger partial charge in [0.25, 0.3) is 0 Å². The SMILES string of the molecule is C=C[C@@]1(N2C[C@@H](CO)CC2=O)C=CC=CC1. The van der Waals surface area contributed by atoms with Crippen molar-refractivity contribution < 1.29 is 9.90 Å². The van der Waals surface area contributed by atoms with E-state index in [2.05, 4.69) is 6.58 Å². The highest BCUT2D eigenvalue weighted by molar-refractivity contribution is 5.80. The first-order chi connectivity index (χ1) is 7.72. The molecule has 0 saturated carbocycles. The number of carbonyl (C=O) groups is 1. The van der Waals surface area contributed by atoms with Crippen molar-refractivity contribution in [1.82, 2.24) is 4.90 Å². The molecule has 0 bridgehead atoms. The summed E-state index contributed by atoms with van der Waals surface area (Å²) in [6.45, 7) is 4.55. The second-order valence-electron chi connectivity index (χ2n) is 4.44. The summed E-state index contributed by atoms with van der Waals surface area (Å²) in [6.07, 6.45) is 11.0. The van der Waals surface area contributed by atoms with Gasteiger partial charge in [-0.1, -0.05) is 30.4 Å². The van der Waals surface area contributed by atoms with Crippen LogP contribution in [0.15, 0.2) is 37.0 Å². The minimum atomic E-state index is -0.379. The van der Waals surface area contributed by atoms with Crippen LogP contribution in [0.1, 0.15) is 12.8 Å². The van der Waals surface area contributed by atoms with Crippen molar-refractivity contribution >= 4 is 5.91 Å². The molecule has 1 aliphatic heterocycles. The maximum absolute atomic E-state index is 11.9. The molecule has 1 saturated heterocycles. The highest BCUT2D eigenvalue weighted by atomic mass is 16.3. The standard InChI is InChI=1S/C13H17NO2/c1-2-13(6-4-3-5-7-13)14-9-11(10-15)8-12(14)16/h2-6,11,15H,1,7-10H2/t11-,13+/m0/s1. The van der Waals surface area contributed by atoms with Crippen LogP contribution in [0, 0.1) is 5.92 Å². The number of aliphatic hydroxyl groups is 1. The lowest BCUT2D eigenvalue weighted by Crippen LogP contribution is -2.47. The van der Waals surface area contributed by atoms with Gasteiger partial charge in [-0.25, -0.2) is 0 Å². The summed E-state index contributed by atoms with van der Waals surface area (Å²) in [5.41, 5.74) is -0.379. The van der Waals surface area contributed by atoms with E-state index >= 15 is 0 Å². The fraction of sp³-hybridized carbons (Fsp3) is 0.462. The first kappa shape index (κ1) is 11.1. The van der Waals surface area contributed by atoms with Crippen LogP contribution >= 0.6 is 0 Å². The van der Waals surface area contributed by atoms with Crippen LogP contribution in [-0.4, -0.2) is 34.6 Å². The molecule has 0 unspecified atom stereocenters. The molecule has 1 aliphatic carbocycles. The Bertz CT molecular complexity index is 359. The molecule has 1 fully saturated rings. The summed E-state index contributed by atoms with van der Waals surface area (Å²) >= 11 is 0. The lowest BCUT2D eigenvalue weighted by Gasteiger charge is -2.37. The van der Waals surface area contributed by atoms with Crippen LogP contribution < -0.4 is 0 Å². The first-order valence-electron chi connectivity index (χ1n) is 5.61. The summed E-state index contributed by atoms with van der Waals surface area (Å²) in [4.78, 5) is 13.8. The van der Waals surface area contributed by atoms with E-state index in [0.717, 1.165) is 6.42 Å². The largest absolute Gasteiger partial charge is 0.396 e. The number of hydrogen-bond donors (Lipinski definition) is 1. The van der Waals surface area contributed by atoms with Gasteiger partial charge in [-0.15, -0.1) is 6.58 Å². The molecular weight excluding hydrogens is 202 g/mol. The number of likely N-dealkylation sites (tertiary alicyclic amines) is 1. The predicted molar refractivity (Wildman–Crippen MR) is 62.7 cm³/mol. The molecule has 2 atom stereocenters. The Morgan fingerprint density at radius 3 is 2.94 bits per heavy atom. The van der Waals surface area contributed by atoms with Gasteiger partial charge in [0.15, 0.2) is 0 Å². The zero-order valence-electron chi connectivity index (χ0n) is 9.30. The van der Waals surface area contributed by atoms with Crippen LogP contribution in [0.4, 0.5) is 0 Å². The molecule has 0 radical (unpaired) electrons. The van der Waals surface area contributed by atoms with E-state index in [1.54, 1.807) is 0 Å². The molecule has 0 aromatic heterocycles. The van der Waals surface area contributed by atoms with E-state index in [1.165, 1.54) is 0 Å². The normalized spacial score (nSPS) is 33.4. The molecular formula is C13H17NO2. The number of allylic oxidation sites excluding steroid dienone is 2. The number of hydrogen-bond acceptors (Lipinski definition) is 2. The molecule has 3 nitrogen and oxygen atoms in total. The van der Waals surface area contributed by atoms with Crippen LogP contribution in [0.25, 0.3) is 0 Å². The molecule has 86 valence electrons. The average Bonchev–Trinajstić information content (AvgIpc) is 2.72. The van der Waals surface area contributed by atoms with Gasteiger partial charge in [0.1, 0.15) is 0 Å². The van der Waals surface area contributed by atoms with Crippen LogP contribution in [-0.2, 0) is 4.79 Å². The van der Waals surface area contributed by atoms with Crippen molar-refractivity contribution in [3.05, 3.63) is 37.0 Å². The predicted octanol–water partition coefficient (Wildman–Crippen LogP) is 1.27. The van der Waals surface area contributed by atoms with Crippen molar-refractivity contribution in [1.29, 1.82) is 0 Å². The number of nitrogens with zero attached hydrogens (tertiary/aromatic N) is 1. The van der Waals surface area contributed by atoms with Crippen LogP contribution in [0.3, 0.4) is 0 Å². The lowest BCUT2D eigenvalue weighted by molar-refractivity contribution is -0.130. The molecule has 2 aliphatic rings. The number of aliphatic hydroxyl groups excluding tert-OH is 1. The maximum atomic E-state index is 11.9. The number of carbonyl (C=O) groups excluding carboxylic acids is 1. The average molecular weight is 219 g/mol. The lowest BCUT2D eigenvalue weighted by atomic mass is 9.89. The van der Waals surface area contributed by atoms with Crippen molar-refractivity contribution in [3.63, 3.8) is 0 Å². The van der Waals surface area contributed by atoms with Crippen molar-refractivity contribution in [3.8, 4) is 0 Å². The van der Waals surface area contributed by atoms with Gasteiger partial charge in [-0.3, -0.25) is 4.79 Å². The van der Waals surface area contributed by atoms with Gasteiger partial charge < -0.3 is 10.0 Å². The third kappa shape index (κ3) is 1.71. The summed E-state index contributed by atoms with van der Waals surface area (Å²) in [5, 5.41) is 9.12. The summed E-state index contributed by atoms with van der Waals surface area (Å²) < 4.78 is 0. The van der Waals surface area contributed by atoms with Crippen molar-refractivity contribution in [2.24, 2.45) is 5.92 Å². The number of amides is 1. The Balaban J connectivity index is 2.22. The molecule has 1 N–H and O–H groups in total. The zero-order chi connectivity index (χ0) is 11.6. The van der Waals surface area contributed by atoms with Crippen LogP contribution in [0.2, 0.25) is 0 Å². The smallest absolute Gasteiger partial charge is 0.223 e. The molecule has 1 heterocycles. The molecule has 16 heavy (non-hydrogen) atoms. The Morgan fingerprint density at radius 1 is 1.62 bits per heavy atom. The van der Waals surface area contributed by atoms with Gasteiger partial charge in [0.2, 0.25) is 5.91 Å². The zero-order valence-corrected chi connectivity index (χ0v) is 9.30. The first-order valence-corrected chi connectivity index (χ1v) is 5.61. The molecule has 2 rings (SSSR count). The van der Waals surface area contributed by atoms with Gasteiger partial charge in [-0.05, 0) is 6.42 Å². The fourth-order valence-corrected chi connectivity index (χ4v) is 2.39. The van der Waals surface area contributed by atoms with Crippen molar-refractivity contribution in [2.75, 3.05) is 13.2 Å².